The lowest BCUT2D eigenvalue weighted by Gasteiger charge is -2.05. The number of rotatable bonds is 4. The number of nitrogens with zero attached hydrogens (tertiary/aromatic N) is 3. The second kappa shape index (κ2) is 5.44. The Morgan fingerprint density at radius 2 is 2.00 bits per heavy atom. The molecule has 0 aliphatic heterocycles. The number of hydrogen-bond donors (Lipinski definition) is 0. The predicted octanol–water partition coefficient (Wildman–Crippen LogP) is 2.14. The van der Waals surface area contributed by atoms with Crippen molar-refractivity contribution in [1.29, 1.82) is 0 Å². The Kier molecular flexibility index (Phi) is 3.72. The van der Waals surface area contributed by atoms with Gasteiger partial charge in [-0.1, -0.05) is 35.5 Å². The lowest BCUT2D eigenvalue weighted by Crippen LogP contribution is -2.08. The van der Waals surface area contributed by atoms with Crippen LogP contribution in [0.25, 0.3) is 11.3 Å². The second-order valence-electron chi connectivity index (χ2n) is 3.69. The van der Waals surface area contributed by atoms with Crippen LogP contribution in [0.4, 0.5) is 0 Å². The van der Waals surface area contributed by atoms with Crippen molar-refractivity contribution in [3.63, 3.8) is 0 Å². The van der Waals surface area contributed by atoms with Gasteiger partial charge in [-0.15, -0.1) is 5.10 Å². The molecule has 1 heterocycles. The molecule has 0 unspecified atom stereocenters. The van der Waals surface area contributed by atoms with Gasteiger partial charge in [-0.3, -0.25) is 0 Å². The molecule has 2 aromatic rings. The number of aryl methyl sites for hydroxylation is 1. The van der Waals surface area contributed by atoms with E-state index in [0.717, 1.165) is 5.56 Å². The molecule has 0 saturated heterocycles. The Morgan fingerprint density at radius 1 is 1.28 bits per heavy atom. The van der Waals surface area contributed by atoms with Crippen LogP contribution in [0.2, 0.25) is 0 Å². The average Bonchev–Trinajstić information content (AvgIpc) is 2.83. The summed E-state index contributed by atoms with van der Waals surface area (Å²) in [5.74, 6) is -0.434. The first kappa shape index (κ1) is 12.3. The number of carbonyl (C=O) groups is 1. The van der Waals surface area contributed by atoms with Gasteiger partial charge in [-0.25, -0.2) is 9.48 Å². The van der Waals surface area contributed by atoms with Gasteiger partial charge >= 0.3 is 5.97 Å². The fourth-order valence-electron chi connectivity index (χ4n) is 1.75. The van der Waals surface area contributed by atoms with Gasteiger partial charge in [-0.05, 0) is 13.8 Å². The van der Waals surface area contributed by atoms with Gasteiger partial charge < -0.3 is 4.74 Å². The maximum absolute atomic E-state index is 11.8. The van der Waals surface area contributed by atoms with Crippen LogP contribution in [0.5, 0.6) is 0 Å². The minimum absolute atomic E-state index is 0.268. The second-order valence-corrected chi connectivity index (χ2v) is 3.69. The van der Waals surface area contributed by atoms with Crippen molar-refractivity contribution in [1.82, 2.24) is 15.0 Å². The number of hydrogen-bond acceptors (Lipinski definition) is 4. The van der Waals surface area contributed by atoms with Crippen molar-refractivity contribution in [2.75, 3.05) is 6.61 Å². The fraction of sp³-hybridized carbons (Fsp3) is 0.308. The molecule has 5 nitrogen and oxygen atoms in total. The monoisotopic (exact) mass is 245 g/mol. The summed E-state index contributed by atoms with van der Waals surface area (Å²) in [7, 11) is 0. The highest BCUT2D eigenvalue weighted by molar-refractivity contribution is 5.94. The first-order chi connectivity index (χ1) is 8.77. The molecule has 0 atom stereocenters. The van der Waals surface area contributed by atoms with E-state index in [-0.39, 0.29) is 5.69 Å². The van der Waals surface area contributed by atoms with E-state index in [1.807, 2.05) is 37.3 Å². The first-order valence-electron chi connectivity index (χ1n) is 5.94. The van der Waals surface area contributed by atoms with Crippen molar-refractivity contribution < 1.29 is 9.53 Å². The molecule has 2 rings (SSSR count). The van der Waals surface area contributed by atoms with Crippen molar-refractivity contribution in [3.05, 3.63) is 36.0 Å². The number of carbonyl (C=O) groups excluding carboxylic acids is 1. The molecule has 0 aliphatic rings. The molecule has 0 radical (unpaired) electrons. The number of aromatic nitrogens is 3. The molecule has 18 heavy (non-hydrogen) atoms. The zero-order chi connectivity index (χ0) is 13.0. The fourth-order valence-corrected chi connectivity index (χ4v) is 1.75. The normalized spacial score (nSPS) is 10.3. The molecule has 1 aromatic carbocycles. The van der Waals surface area contributed by atoms with Gasteiger partial charge in [0.25, 0.3) is 0 Å². The lowest BCUT2D eigenvalue weighted by molar-refractivity contribution is 0.0520. The van der Waals surface area contributed by atoms with Crippen LogP contribution >= 0.6 is 0 Å². The molecular formula is C13H15N3O2. The van der Waals surface area contributed by atoms with E-state index in [0.29, 0.717) is 18.8 Å². The van der Waals surface area contributed by atoms with E-state index in [1.165, 1.54) is 0 Å². The van der Waals surface area contributed by atoms with Gasteiger partial charge in [0.05, 0.1) is 6.61 Å². The summed E-state index contributed by atoms with van der Waals surface area (Å²) >= 11 is 0. The molecule has 0 N–H and O–H groups in total. The summed E-state index contributed by atoms with van der Waals surface area (Å²) in [5, 5.41) is 7.90. The molecule has 0 bridgehead atoms. The Hall–Kier alpha value is -2.17. The van der Waals surface area contributed by atoms with Crippen LogP contribution in [0.3, 0.4) is 0 Å². The Bertz CT molecular complexity index is 534. The number of esters is 1. The summed E-state index contributed by atoms with van der Waals surface area (Å²) < 4.78 is 6.69. The minimum Gasteiger partial charge on any atom is -0.461 e. The first-order valence-corrected chi connectivity index (χ1v) is 5.94. The van der Waals surface area contributed by atoms with E-state index < -0.39 is 5.97 Å². The Labute approximate surface area is 105 Å². The number of ether oxygens (including phenoxy) is 1. The molecular weight excluding hydrogens is 230 g/mol. The van der Waals surface area contributed by atoms with Gasteiger partial charge in [0, 0.05) is 12.1 Å². The quantitative estimate of drug-likeness (QED) is 0.774. The highest BCUT2D eigenvalue weighted by Gasteiger charge is 2.21. The third-order valence-electron chi connectivity index (χ3n) is 2.55. The van der Waals surface area contributed by atoms with E-state index >= 15 is 0 Å². The predicted molar refractivity (Wildman–Crippen MR) is 67.1 cm³/mol. The third-order valence-corrected chi connectivity index (χ3v) is 2.55. The molecule has 0 saturated carbocycles. The summed E-state index contributed by atoms with van der Waals surface area (Å²) in [6, 6.07) is 9.60. The molecule has 5 heteroatoms. The van der Waals surface area contributed by atoms with Crippen molar-refractivity contribution >= 4 is 5.97 Å². The molecule has 0 amide bonds. The van der Waals surface area contributed by atoms with Crippen molar-refractivity contribution in [2.45, 2.75) is 20.4 Å². The maximum atomic E-state index is 11.8. The maximum Gasteiger partial charge on any atom is 0.361 e. The summed E-state index contributed by atoms with van der Waals surface area (Å²) in [6.07, 6.45) is 0. The van der Waals surface area contributed by atoms with Crippen LogP contribution in [0.1, 0.15) is 24.3 Å². The van der Waals surface area contributed by atoms with Crippen LogP contribution in [-0.2, 0) is 11.3 Å². The van der Waals surface area contributed by atoms with Gasteiger partial charge in [0.2, 0.25) is 0 Å². The Balaban J connectivity index is 2.50. The molecule has 0 spiro atoms. The average molecular weight is 245 g/mol. The zero-order valence-electron chi connectivity index (χ0n) is 10.5. The molecule has 94 valence electrons. The molecule has 1 aromatic heterocycles. The van der Waals surface area contributed by atoms with Crippen LogP contribution in [0.15, 0.2) is 30.3 Å². The van der Waals surface area contributed by atoms with E-state index in [9.17, 15) is 4.79 Å². The summed E-state index contributed by atoms with van der Waals surface area (Å²) in [5.41, 5.74) is 1.88. The smallest absolute Gasteiger partial charge is 0.361 e. The lowest BCUT2D eigenvalue weighted by atomic mass is 10.1. The van der Waals surface area contributed by atoms with E-state index in [1.54, 1.807) is 11.6 Å². The highest BCUT2D eigenvalue weighted by atomic mass is 16.5. The van der Waals surface area contributed by atoms with Gasteiger partial charge in [0.15, 0.2) is 5.69 Å². The summed E-state index contributed by atoms with van der Waals surface area (Å²) in [4.78, 5) is 11.8. The minimum atomic E-state index is -0.434. The van der Waals surface area contributed by atoms with Crippen LogP contribution < -0.4 is 0 Å². The van der Waals surface area contributed by atoms with E-state index in [2.05, 4.69) is 10.3 Å². The zero-order valence-corrected chi connectivity index (χ0v) is 10.5. The van der Waals surface area contributed by atoms with E-state index in [4.69, 9.17) is 4.74 Å². The molecule has 0 fully saturated rings. The third kappa shape index (κ3) is 2.25. The van der Waals surface area contributed by atoms with Crippen LogP contribution in [-0.4, -0.2) is 27.6 Å². The highest BCUT2D eigenvalue weighted by Crippen LogP contribution is 2.22. The largest absolute Gasteiger partial charge is 0.461 e. The number of benzene rings is 1. The summed E-state index contributed by atoms with van der Waals surface area (Å²) in [6.45, 7) is 4.70. The standard InChI is InChI=1S/C13H15N3O2/c1-3-16-12(10-8-6-5-7-9-10)11(14-15-16)13(17)18-4-2/h5-9H,3-4H2,1-2H3. The van der Waals surface area contributed by atoms with Crippen molar-refractivity contribution in [3.8, 4) is 11.3 Å². The van der Waals surface area contributed by atoms with Crippen LogP contribution in [0, 0.1) is 0 Å². The van der Waals surface area contributed by atoms with Crippen molar-refractivity contribution in [2.24, 2.45) is 0 Å². The SMILES string of the molecule is CCOC(=O)c1nnn(CC)c1-c1ccccc1. The molecule has 0 aliphatic carbocycles. The topological polar surface area (TPSA) is 57.0 Å². The van der Waals surface area contributed by atoms with Gasteiger partial charge in [-0.2, -0.15) is 0 Å². The Morgan fingerprint density at radius 3 is 2.61 bits per heavy atom. The van der Waals surface area contributed by atoms with Gasteiger partial charge in [0.1, 0.15) is 5.69 Å².